The second-order valence-corrected chi connectivity index (χ2v) is 8.29. The lowest BCUT2D eigenvalue weighted by Gasteiger charge is -2.24. The fraction of sp³-hybridized carbons (Fsp3) is 0.611. The number of nitrogens with one attached hydrogen (secondary N) is 2. The molecule has 0 spiro atoms. The van der Waals surface area contributed by atoms with Crippen LogP contribution in [0.4, 0.5) is 13.2 Å². The monoisotopic (exact) mass is 517 g/mol. The summed E-state index contributed by atoms with van der Waals surface area (Å²) in [6.45, 7) is 2.35. The highest BCUT2D eigenvalue weighted by molar-refractivity contribution is 14.0. The first-order valence-electron chi connectivity index (χ1n) is 8.60. The van der Waals surface area contributed by atoms with Crippen molar-refractivity contribution in [3.63, 3.8) is 0 Å². The third kappa shape index (κ3) is 9.38. The number of hydrogen-bond acceptors (Lipinski definition) is 3. The van der Waals surface area contributed by atoms with E-state index in [1.165, 1.54) is 18.6 Å². The Bertz CT molecular complexity index is 608. The van der Waals surface area contributed by atoms with Gasteiger partial charge < -0.3 is 15.4 Å². The molecule has 1 aliphatic rings. The number of hydrogen-bond donors (Lipinski definition) is 2. The zero-order valence-corrected chi connectivity index (χ0v) is 18.7. The molecule has 0 aliphatic carbocycles. The molecule has 154 valence electrons. The SMILES string of the molecule is CN=C(NCc1cccc(COCC(F)(F)F)c1)NCC1(C)CCCS1.I. The van der Waals surface area contributed by atoms with Gasteiger partial charge in [-0.1, -0.05) is 24.3 Å². The summed E-state index contributed by atoms with van der Waals surface area (Å²) in [6.07, 6.45) is -1.86. The molecular weight excluding hydrogens is 490 g/mol. The maximum atomic E-state index is 12.1. The van der Waals surface area contributed by atoms with Gasteiger partial charge in [0.05, 0.1) is 6.61 Å². The van der Waals surface area contributed by atoms with Crippen LogP contribution in [0.3, 0.4) is 0 Å². The molecular formula is C18H27F3IN3OS. The first-order chi connectivity index (χ1) is 12.3. The largest absolute Gasteiger partial charge is 0.411 e. The van der Waals surface area contributed by atoms with Crippen molar-refractivity contribution in [1.82, 2.24) is 10.6 Å². The van der Waals surface area contributed by atoms with Crippen molar-refractivity contribution >= 4 is 41.7 Å². The molecule has 1 heterocycles. The topological polar surface area (TPSA) is 45.7 Å². The Kier molecular flexibility index (Phi) is 10.2. The van der Waals surface area contributed by atoms with Gasteiger partial charge in [-0.25, -0.2) is 0 Å². The molecule has 2 N–H and O–H groups in total. The van der Waals surface area contributed by atoms with E-state index in [0.717, 1.165) is 18.1 Å². The van der Waals surface area contributed by atoms with E-state index >= 15 is 0 Å². The molecule has 1 unspecified atom stereocenters. The molecule has 1 atom stereocenters. The summed E-state index contributed by atoms with van der Waals surface area (Å²) in [6, 6.07) is 7.33. The molecule has 0 saturated carbocycles. The summed E-state index contributed by atoms with van der Waals surface area (Å²) in [4.78, 5) is 4.23. The lowest BCUT2D eigenvalue weighted by Crippen LogP contribution is -2.43. The van der Waals surface area contributed by atoms with Gasteiger partial charge in [0, 0.05) is 24.9 Å². The third-order valence-corrected chi connectivity index (χ3v) is 5.68. The lowest BCUT2D eigenvalue weighted by atomic mass is 10.1. The van der Waals surface area contributed by atoms with E-state index in [9.17, 15) is 13.2 Å². The predicted octanol–water partition coefficient (Wildman–Crippen LogP) is 4.33. The summed E-state index contributed by atoms with van der Waals surface area (Å²) in [5.41, 5.74) is 1.67. The molecule has 1 aliphatic heterocycles. The van der Waals surface area contributed by atoms with Gasteiger partial charge in [0.2, 0.25) is 0 Å². The maximum absolute atomic E-state index is 12.1. The lowest BCUT2D eigenvalue weighted by molar-refractivity contribution is -0.176. The number of nitrogens with zero attached hydrogens (tertiary/aromatic N) is 1. The Morgan fingerprint density at radius 3 is 2.67 bits per heavy atom. The number of benzene rings is 1. The molecule has 1 fully saturated rings. The number of halogens is 4. The standard InChI is InChI=1S/C18H26F3N3OS.HI/c1-17(7-4-8-26-17)12-24-16(22-2)23-10-14-5-3-6-15(9-14)11-25-13-18(19,20)21;/h3,5-6,9H,4,7-8,10-13H2,1-2H3,(H2,22,23,24);1H. The molecule has 0 bridgehead atoms. The van der Waals surface area contributed by atoms with E-state index in [4.69, 9.17) is 4.74 Å². The van der Waals surface area contributed by atoms with Crippen LogP contribution in [0.15, 0.2) is 29.3 Å². The van der Waals surface area contributed by atoms with E-state index < -0.39 is 12.8 Å². The van der Waals surface area contributed by atoms with Crippen molar-refractivity contribution in [3.05, 3.63) is 35.4 Å². The summed E-state index contributed by atoms with van der Waals surface area (Å²) in [5, 5.41) is 6.60. The summed E-state index contributed by atoms with van der Waals surface area (Å²) in [5.74, 6) is 1.92. The van der Waals surface area contributed by atoms with Crippen molar-refractivity contribution in [1.29, 1.82) is 0 Å². The fourth-order valence-electron chi connectivity index (χ4n) is 2.77. The van der Waals surface area contributed by atoms with Gasteiger partial charge in [-0.3, -0.25) is 4.99 Å². The minimum absolute atomic E-state index is 0. The van der Waals surface area contributed by atoms with Crippen LogP contribution in [-0.2, 0) is 17.9 Å². The molecule has 9 heteroatoms. The molecule has 27 heavy (non-hydrogen) atoms. The van der Waals surface area contributed by atoms with Gasteiger partial charge >= 0.3 is 6.18 Å². The van der Waals surface area contributed by atoms with Gasteiger partial charge in [-0.15, -0.1) is 24.0 Å². The summed E-state index contributed by atoms with van der Waals surface area (Å²) < 4.78 is 41.4. The number of rotatable bonds is 7. The number of thioether (sulfide) groups is 1. The van der Waals surface area contributed by atoms with Crippen LogP contribution in [0, 0.1) is 0 Å². The maximum Gasteiger partial charge on any atom is 0.411 e. The zero-order valence-electron chi connectivity index (χ0n) is 15.6. The van der Waals surface area contributed by atoms with Gasteiger partial charge in [-0.05, 0) is 36.6 Å². The number of guanidine groups is 1. The number of alkyl halides is 3. The van der Waals surface area contributed by atoms with Gasteiger partial charge in [0.25, 0.3) is 0 Å². The normalized spacial score (nSPS) is 20.3. The first kappa shape index (κ1) is 24.4. The Hall–Kier alpha value is -0.680. The molecule has 4 nitrogen and oxygen atoms in total. The molecule has 2 rings (SSSR count). The van der Waals surface area contributed by atoms with Crippen molar-refractivity contribution in [2.45, 2.75) is 43.8 Å². The van der Waals surface area contributed by atoms with Gasteiger partial charge in [-0.2, -0.15) is 24.9 Å². The predicted molar refractivity (Wildman–Crippen MR) is 116 cm³/mol. The van der Waals surface area contributed by atoms with Crippen LogP contribution in [0.2, 0.25) is 0 Å². The minimum atomic E-state index is -4.30. The highest BCUT2D eigenvalue weighted by Crippen LogP contribution is 2.36. The fourth-order valence-corrected chi connectivity index (χ4v) is 4.01. The highest BCUT2D eigenvalue weighted by Gasteiger charge is 2.29. The Morgan fingerprint density at radius 1 is 1.30 bits per heavy atom. The van der Waals surface area contributed by atoms with Crippen molar-refractivity contribution in [2.24, 2.45) is 4.99 Å². The average molecular weight is 517 g/mol. The molecule has 1 saturated heterocycles. The minimum Gasteiger partial charge on any atom is -0.367 e. The van der Waals surface area contributed by atoms with E-state index in [-0.39, 0.29) is 35.3 Å². The molecule has 1 aromatic rings. The quantitative estimate of drug-likeness (QED) is 0.321. The Morgan fingerprint density at radius 2 is 2.04 bits per heavy atom. The molecule has 1 aromatic carbocycles. The first-order valence-corrected chi connectivity index (χ1v) is 9.59. The molecule has 0 amide bonds. The zero-order chi connectivity index (χ0) is 19.0. The van der Waals surface area contributed by atoms with Crippen LogP contribution in [0.5, 0.6) is 0 Å². The van der Waals surface area contributed by atoms with E-state index in [1.54, 1.807) is 13.1 Å². The Labute approximate surface area is 180 Å². The second-order valence-electron chi connectivity index (χ2n) is 6.61. The van der Waals surface area contributed by atoms with Crippen LogP contribution in [-0.4, -0.2) is 42.8 Å². The van der Waals surface area contributed by atoms with E-state index in [2.05, 4.69) is 22.5 Å². The summed E-state index contributed by atoms with van der Waals surface area (Å²) in [7, 11) is 1.72. The third-order valence-electron chi connectivity index (χ3n) is 4.14. The van der Waals surface area contributed by atoms with Crippen molar-refractivity contribution < 1.29 is 17.9 Å². The number of ether oxygens (including phenoxy) is 1. The van der Waals surface area contributed by atoms with Crippen LogP contribution >= 0.6 is 35.7 Å². The Balaban J connectivity index is 0.00000364. The highest BCUT2D eigenvalue weighted by atomic mass is 127. The second kappa shape index (κ2) is 11.4. The number of aliphatic imine (C=N–C) groups is 1. The molecule has 0 radical (unpaired) electrons. The van der Waals surface area contributed by atoms with Crippen LogP contribution in [0.1, 0.15) is 30.9 Å². The summed E-state index contributed by atoms with van der Waals surface area (Å²) >= 11 is 1.98. The van der Waals surface area contributed by atoms with Crippen molar-refractivity contribution in [3.8, 4) is 0 Å². The van der Waals surface area contributed by atoms with Crippen LogP contribution in [0.25, 0.3) is 0 Å². The van der Waals surface area contributed by atoms with Crippen molar-refractivity contribution in [2.75, 3.05) is 26.0 Å². The van der Waals surface area contributed by atoms with Gasteiger partial charge in [0.1, 0.15) is 6.61 Å². The van der Waals surface area contributed by atoms with E-state index in [0.29, 0.717) is 12.1 Å². The van der Waals surface area contributed by atoms with Gasteiger partial charge in [0.15, 0.2) is 5.96 Å². The van der Waals surface area contributed by atoms with E-state index in [1.807, 2.05) is 30.0 Å². The van der Waals surface area contributed by atoms with Crippen LogP contribution < -0.4 is 10.6 Å². The smallest absolute Gasteiger partial charge is 0.367 e. The average Bonchev–Trinajstić information content (AvgIpc) is 3.01. The molecule has 0 aromatic heterocycles.